The number of nitrogens with zero attached hydrogens (tertiary/aromatic N) is 4. The SMILES string of the molecule is Nc1cccc(Cn2cc(Cl)c([N+](=O)[O-])n2)n1. The highest BCUT2D eigenvalue weighted by Crippen LogP contribution is 2.21. The van der Waals surface area contributed by atoms with Crippen molar-refractivity contribution in [2.24, 2.45) is 0 Å². The summed E-state index contributed by atoms with van der Waals surface area (Å²) in [5, 5.41) is 14.3. The monoisotopic (exact) mass is 253 g/mol. The highest BCUT2D eigenvalue weighted by Gasteiger charge is 2.19. The first-order chi connectivity index (χ1) is 8.06. The number of nitro groups is 1. The Hall–Kier alpha value is -2.15. The van der Waals surface area contributed by atoms with E-state index in [9.17, 15) is 10.1 Å². The molecule has 0 aliphatic carbocycles. The minimum Gasteiger partial charge on any atom is -0.384 e. The fraction of sp³-hybridized carbons (Fsp3) is 0.111. The Morgan fingerprint density at radius 3 is 2.88 bits per heavy atom. The normalized spacial score (nSPS) is 10.4. The highest BCUT2D eigenvalue weighted by atomic mass is 35.5. The van der Waals surface area contributed by atoms with Crippen LogP contribution in [0, 0.1) is 10.1 Å². The fourth-order valence-electron chi connectivity index (χ4n) is 1.34. The van der Waals surface area contributed by atoms with E-state index in [0.717, 1.165) is 0 Å². The minimum absolute atomic E-state index is 0.00102. The largest absolute Gasteiger partial charge is 0.408 e. The third-order valence-electron chi connectivity index (χ3n) is 2.02. The Morgan fingerprint density at radius 1 is 1.53 bits per heavy atom. The van der Waals surface area contributed by atoms with Crippen LogP contribution in [0.3, 0.4) is 0 Å². The van der Waals surface area contributed by atoms with E-state index in [1.54, 1.807) is 18.2 Å². The van der Waals surface area contributed by atoms with Crippen LogP contribution >= 0.6 is 11.6 Å². The molecule has 0 spiro atoms. The van der Waals surface area contributed by atoms with Crippen molar-refractivity contribution < 1.29 is 4.92 Å². The van der Waals surface area contributed by atoms with Gasteiger partial charge < -0.3 is 15.8 Å². The van der Waals surface area contributed by atoms with Crippen molar-refractivity contribution in [3.05, 3.63) is 45.2 Å². The van der Waals surface area contributed by atoms with Crippen LogP contribution in [0.2, 0.25) is 5.02 Å². The molecule has 0 aromatic carbocycles. The summed E-state index contributed by atoms with van der Waals surface area (Å²) >= 11 is 5.67. The summed E-state index contributed by atoms with van der Waals surface area (Å²) < 4.78 is 1.35. The Bertz CT molecular complexity index is 568. The molecular weight excluding hydrogens is 246 g/mol. The second-order valence-electron chi connectivity index (χ2n) is 3.31. The molecule has 0 atom stereocenters. The van der Waals surface area contributed by atoms with Crippen molar-refractivity contribution in [2.75, 3.05) is 5.73 Å². The zero-order valence-corrected chi connectivity index (χ0v) is 9.33. The molecule has 17 heavy (non-hydrogen) atoms. The van der Waals surface area contributed by atoms with Gasteiger partial charge >= 0.3 is 5.82 Å². The molecule has 0 radical (unpaired) electrons. The van der Waals surface area contributed by atoms with Crippen molar-refractivity contribution >= 4 is 23.2 Å². The average molecular weight is 254 g/mol. The number of hydrogen-bond acceptors (Lipinski definition) is 5. The van der Waals surface area contributed by atoms with Gasteiger partial charge in [-0.2, -0.15) is 4.68 Å². The van der Waals surface area contributed by atoms with Crippen LogP contribution in [-0.4, -0.2) is 19.7 Å². The molecule has 2 aromatic heterocycles. The van der Waals surface area contributed by atoms with E-state index < -0.39 is 4.92 Å². The van der Waals surface area contributed by atoms with Gasteiger partial charge in [0.05, 0.1) is 17.0 Å². The van der Waals surface area contributed by atoms with Crippen LogP contribution in [0.25, 0.3) is 0 Å². The molecule has 2 rings (SSSR count). The first-order valence-electron chi connectivity index (χ1n) is 4.65. The van der Waals surface area contributed by atoms with E-state index in [2.05, 4.69) is 10.1 Å². The number of aromatic nitrogens is 3. The lowest BCUT2D eigenvalue weighted by Crippen LogP contribution is -2.04. The lowest BCUT2D eigenvalue weighted by Gasteiger charge is -1.98. The van der Waals surface area contributed by atoms with Crippen LogP contribution < -0.4 is 5.73 Å². The molecule has 0 saturated heterocycles. The zero-order valence-electron chi connectivity index (χ0n) is 8.58. The molecule has 0 amide bonds. The molecule has 0 unspecified atom stereocenters. The maximum Gasteiger partial charge on any atom is 0.408 e. The lowest BCUT2D eigenvalue weighted by molar-refractivity contribution is -0.389. The second-order valence-corrected chi connectivity index (χ2v) is 3.72. The van der Waals surface area contributed by atoms with Crippen molar-refractivity contribution in [3.63, 3.8) is 0 Å². The summed E-state index contributed by atoms with van der Waals surface area (Å²) in [5.41, 5.74) is 6.17. The fourth-order valence-corrected chi connectivity index (χ4v) is 1.56. The van der Waals surface area contributed by atoms with Gasteiger partial charge in [-0.3, -0.25) is 0 Å². The van der Waals surface area contributed by atoms with Gasteiger partial charge in [-0.15, -0.1) is 0 Å². The second kappa shape index (κ2) is 4.38. The summed E-state index contributed by atoms with van der Waals surface area (Å²) in [7, 11) is 0. The van der Waals surface area contributed by atoms with E-state index in [4.69, 9.17) is 17.3 Å². The first-order valence-corrected chi connectivity index (χ1v) is 5.03. The molecule has 7 nitrogen and oxygen atoms in total. The molecule has 88 valence electrons. The highest BCUT2D eigenvalue weighted by molar-refractivity contribution is 6.32. The third kappa shape index (κ3) is 2.51. The predicted molar refractivity (Wildman–Crippen MR) is 61.6 cm³/mol. The molecule has 2 heterocycles. The number of hydrogen-bond donors (Lipinski definition) is 1. The molecular formula is C9H8ClN5O2. The van der Waals surface area contributed by atoms with Crippen molar-refractivity contribution in [2.45, 2.75) is 6.54 Å². The molecule has 2 N–H and O–H groups in total. The van der Waals surface area contributed by atoms with E-state index in [0.29, 0.717) is 11.5 Å². The first kappa shape index (κ1) is 11.3. The van der Waals surface area contributed by atoms with Gasteiger partial charge in [0.2, 0.25) is 0 Å². The quantitative estimate of drug-likeness (QED) is 0.659. The van der Waals surface area contributed by atoms with Crippen molar-refractivity contribution in [1.82, 2.24) is 14.8 Å². The molecule has 0 saturated carbocycles. The van der Waals surface area contributed by atoms with E-state index in [1.165, 1.54) is 10.9 Å². The van der Waals surface area contributed by atoms with E-state index in [1.807, 2.05) is 0 Å². The predicted octanol–water partition coefficient (Wildman–Crippen LogP) is 1.47. The average Bonchev–Trinajstić information content (AvgIpc) is 2.59. The van der Waals surface area contributed by atoms with Crippen LogP contribution in [-0.2, 0) is 6.54 Å². The van der Waals surface area contributed by atoms with Crippen molar-refractivity contribution in [3.8, 4) is 0 Å². The summed E-state index contributed by atoms with van der Waals surface area (Å²) in [5.74, 6) is 0.0193. The van der Waals surface area contributed by atoms with E-state index >= 15 is 0 Å². The van der Waals surface area contributed by atoms with Gasteiger partial charge in [0, 0.05) is 0 Å². The summed E-state index contributed by atoms with van der Waals surface area (Å²) in [6.45, 7) is 0.276. The van der Waals surface area contributed by atoms with E-state index in [-0.39, 0.29) is 17.4 Å². The molecule has 8 heteroatoms. The molecule has 0 bridgehead atoms. The summed E-state index contributed by atoms with van der Waals surface area (Å²) in [6, 6.07) is 5.15. The van der Waals surface area contributed by atoms with Crippen LogP contribution in [0.1, 0.15) is 5.69 Å². The standard InChI is InChI=1S/C9H8ClN5O2/c10-7-5-14(13-9(7)15(16)17)4-6-2-1-3-8(11)12-6/h1-3,5H,4H2,(H2,11,12). The Morgan fingerprint density at radius 2 is 2.29 bits per heavy atom. The number of pyridine rings is 1. The van der Waals surface area contributed by atoms with Gasteiger partial charge in [0.25, 0.3) is 0 Å². The van der Waals surface area contributed by atoms with Crippen LogP contribution in [0.15, 0.2) is 24.4 Å². The van der Waals surface area contributed by atoms with Gasteiger partial charge in [-0.1, -0.05) is 17.7 Å². The van der Waals surface area contributed by atoms with Gasteiger partial charge in [-0.05, 0) is 17.1 Å². The van der Waals surface area contributed by atoms with Crippen molar-refractivity contribution in [1.29, 1.82) is 0 Å². The Balaban J connectivity index is 2.25. The lowest BCUT2D eigenvalue weighted by atomic mass is 10.3. The molecule has 0 aliphatic heterocycles. The molecule has 0 aliphatic rings. The maximum absolute atomic E-state index is 10.6. The smallest absolute Gasteiger partial charge is 0.384 e. The topological polar surface area (TPSA) is 99.9 Å². The Labute approximate surface area is 101 Å². The summed E-state index contributed by atoms with van der Waals surface area (Å²) in [4.78, 5) is 14.0. The number of nitrogen functional groups attached to an aromatic ring is 1. The zero-order chi connectivity index (χ0) is 12.4. The third-order valence-corrected chi connectivity index (χ3v) is 2.29. The number of anilines is 1. The summed E-state index contributed by atoms with van der Waals surface area (Å²) in [6.07, 6.45) is 1.38. The van der Waals surface area contributed by atoms with Crippen LogP contribution in [0.4, 0.5) is 11.6 Å². The van der Waals surface area contributed by atoms with Gasteiger partial charge in [-0.25, -0.2) is 4.98 Å². The minimum atomic E-state index is -0.633. The maximum atomic E-state index is 10.6. The molecule has 0 fully saturated rings. The number of rotatable bonds is 3. The molecule has 2 aromatic rings. The number of halogens is 1. The van der Waals surface area contributed by atoms with Gasteiger partial charge in [0.1, 0.15) is 12.4 Å². The number of nitrogens with two attached hydrogens (primary N) is 1. The van der Waals surface area contributed by atoms with Gasteiger partial charge in [0.15, 0.2) is 5.02 Å². The van der Waals surface area contributed by atoms with Crippen LogP contribution in [0.5, 0.6) is 0 Å². The Kier molecular flexibility index (Phi) is 2.92.